The highest BCUT2D eigenvalue weighted by molar-refractivity contribution is 7.89. The van der Waals surface area contributed by atoms with Gasteiger partial charge in [-0.05, 0) is 43.9 Å². The molecule has 126 valence electrons. The Morgan fingerprint density at radius 3 is 2.52 bits per heavy atom. The first-order chi connectivity index (χ1) is 11.0. The zero-order valence-corrected chi connectivity index (χ0v) is 14.0. The SMILES string of the molecule is COC1CCN(C(=O)c2cccc(S(=O)(=O)NC3CC3)c2)CC1. The highest BCUT2D eigenvalue weighted by atomic mass is 32.2. The third kappa shape index (κ3) is 3.91. The highest BCUT2D eigenvalue weighted by Crippen LogP contribution is 2.23. The number of nitrogens with one attached hydrogen (secondary N) is 1. The molecule has 0 radical (unpaired) electrons. The molecule has 0 aromatic heterocycles. The van der Waals surface area contributed by atoms with Gasteiger partial charge in [-0.2, -0.15) is 0 Å². The molecule has 0 spiro atoms. The van der Waals surface area contributed by atoms with Crippen molar-refractivity contribution >= 4 is 15.9 Å². The summed E-state index contributed by atoms with van der Waals surface area (Å²) >= 11 is 0. The van der Waals surface area contributed by atoms with Gasteiger partial charge in [0, 0.05) is 31.8 Å². The van der Waals surface area contributed by atoms with Crippen LogP contribution in [-0.4, -0.2) is 51.6 Å². The maximum Gasteiger partial charge on any atom is 0.253 e. The van der Waals surface area contributed by atoms with Gasteiger partial charge >= 0.3 is 0 Å². The maximum atomic E-state index is 12.6. The fourth-order valence-corrected chi connectivity index (χ4v) is 4.11. The van der Waals surface area contributed by atoms with E-state index < -0.39 is 10.0 Å². The van der Waals surface area contributed by atoms with Crippen molar-refractivity contribution in [2.45, 2.75) is 42.7 Å². The second-order valence-electron chi connectivity index (χ2n) is 6.15. The van der Waals surface area contributed by atoms with Crippen LogP contribution in [0.2, 0.25) is 0 Å². The molecule has 1 saturated heterocycles. The van der Waals surface area contributed by atoms with Gasteiger partial charge in [0.1, 0.15) is 0 Å². The molecule has 1 heterocycles. The first kappa shape index (κ1) is 16.4. The molecule has 1 aliphatic carbocycles. The Kier molecular flexibility index (Phi) is 4.70. The molecule has 7 heteroatoms. The summed E-state index contributed by atoms with van der Waals surface area (Å²) < 4.78 is 32.5. The van der Waals surface area contributed by atoms with Crippen molar-refractivity contribution in [1.82, 2.24) is 9.62 Å². The van der Waals surface area contributed by atoms with Gasteiger partial charge in [-0.3, -0.25) is 4.79 Å². The van der Waals surface area contributed by atoms with Crippen molar-refractivity contribution in [3.8, 4) is 0 Å². The third-order valence-electron chi connectivity index (χ3n) is 4.35. The number of methoxy groups -OCH3 is 1. The van der Waals surface area contributed by atoms with E-state index in [1.54, 1.807) is 24.1 Å². The van der Waals surface area contributed by atoms with E-state index in [0.29, 0.717) is 18.7 Å². The second kappa shape index (κ2) is 6.59. The highest BCUT2D eigenvalue weighted by Gasteiger charge is 2.29. The van der Waals surface area contributed by atoms with E-state index in [9.17, 15) is 13.2 Å². The molecule has 1 aromatic carbocycles. The molecule has 0 atom stereocenters. The normalized spacial score (nSPS) is 19.8. The molecular weight excluding hydrogens is 316 g/mol. The summed E-state index contributed by atoms with van der Waals surface area (Å²) in [6.07, 6.45) is 3.58. The topological polar surface area (TPSA) is 75.7 Å². The summed E-state index contributed by atoms with van der Waals surface area (Å²) in [5.74, 6) is -0.122. The first-order valence-electron chi connectivity index (χ1n) is 7.94. The van der Waals surface area contributed by atoms with Crippen LogP contribution in [-0.2, 0) is 14.8 Å². The van der Waals surface area contributed by atoms with E-state index in [1.165, 1.54) is 12.1 Å². The molecule has 1 aliphatic heterocycles. The van der Waals surface area contributed by atoms with Gasteiger partial charge in [-0.25, -0.2) is 13.1 Å². The summed E-state index contributed by atoms with van der Waals surface area (Å²) in [6, 6.07) is 6.33. The van der Waals surface area contributed by atoms with Crippen molar-refractivity contribution in [3.05, 3.63) is 29.8 Å². The Labute approximate surface area is 136 Å². The lowest BCUT2D eigenvalue weighted by Crippen LogP contribution is -2.40. The predicted molar refractivity (Wildman–Crippen MR) is 85.7 cm³/mol. The molecule has 1 amide bonds. The van der Waals surface area contributed by atoms with Crippen LogP contribution >= 0.6 is 0 Å². The van der Waals surface area contributed by atoms with Crippen LogP contribution in [0.1, 0.15) is 36.0 Å². The Balaban J connectivity index is 1.73. The summed E-state index contributed by atoms with van der Waals surface area (Å²) in [6.45, 7) is 1.27. The molecule has 1 N–H and O–H groups in total. The molecule has 2 aliphatic rings. The van der Waals surface area contributed by atoms with E-state index in [-0.39, 0.29) is 22.9 Å². The Bertz CT molecular complexity index is 677. The van der Waals surface area contributed by atoms with Crippen molar-refractivity contribution in [1.29, 1.82) is 0 Å². The molecule has 0 unspecified atom stereocenters. The van der Waals surface area contributed by atoms with E-state index in [1.807, 2.05) is 0 Å². The molecular formula is C16H22N2O4S. The van der Waals surface area contributed by atoms with Crippen LogP contribution in [0.25, 0.3) is 0 Å². The number of carbonyl (C=O) groups is 1. The van der Waals surface area contributed by atoms with Crippen molar-refractivity contribution in [3.63, 3.8) is 0 Å². The number of carbonyl (C=O) groups excluding carboxylic acids is 1. The largest absolute Gasteiger partial charge is 0.381 e. The van der Waals surface area contributed by atoms with E-state index in [2.05, 4.69) is 4.72 Å². The number of piperidine rings is 1. The van der Waals surface area contributed by atoms with Gasteiger partial charge in [0.05, 0.1) is 11.0 Å². The minimum absolute atomic E-state index is 0.0485. The smallest absolute Gasteiger partial charge is 0.253 e. The van der Waals surface area contributed by atoms with Crippen LogP contribution in [0.15, 0.2) is 29.2 Å². The van der Waals surface area contributed by atoms with Gasteiger partial charge in [0.2, 0.25) is 10.0 Å². The summed E-state index contributed by atoms with van der Waals surface area (Å²) in [7, 11) is -1.85. The lowest BCUT2D eigenvalue weighted by molar-refractivity contribution is 0.0350. The number of nitrogens with zero attached hydrogens (tertiary/aromatic N) is 1. The fraction of sp³-hybridized carbons (Fsp3) is 0.562. The Morgan fingerprint density at radius 1 is 1.22 bits per heavy atom. The van der Waals surface area contributed by atoms with Gasteiger partial charge in [0.15, 0.2) is 0 Å². The number of sulfonamides is 1. The van der Waals surface area contributed by atoms with Crippen LogP contribution in [0.5, 0.6) is 0 Å². The standard InChI is InChI=1S/C16H22N2O4S/c1-22-14-7-9-18(10-8-14)16(19)12-3-2-4-15(11-12)23(20,21)17-13-5-6-13/h2-4,11,13-14,17H,5-10H2,1H3. The average Bonchev–Trinajstić information content (AvgIpc) is 3.37. The zero-order chi connectivity index (χ0) is 16.4. The lowest BCUT2D eigenvalue weighted by Gasteiger charge is -2.31. The maximum absolute atomic E-state index is 12.6. The van der Waals surface area contributed by atoms with Crippen LogP contribution < -0.4 is 4.72 Å². The minimum atomic E-state index is -3.54. The van der Waals surface area contributed by atoms with Crippen molar-refractivity contribution in [2.75, 3.05) is 20.2 Å². The Morgan fingerprint density at radius 2 is 1.91 bits per heavy atom. The van der Waals surface area contributed by atoms with Gasteiger partial charge in [-0.1, -0.05) is 6.07 Å². The minimum Gasteiger partial charge on any atom is -0.381 e. The molecule has 1 aromatic rings. The summed E-state index contributed by atoms with van der Waals surface area (Å²) in [5.41, 5.74) is 0.416. The van der Waals surface area contributed by atoms with Crippen molar-refractivity contribution < 1.29 is 17.9 Å². The lowest BCUT2D eigenvalue weighted by atomic mass is 10.1. The van der Waals surface area contributed by atoms with Gasteiger partial charge in [-0.15, -0.1) is 0 Å². The van der Waals surface area contributed by atoms with E-state index in [4.69, 9.17) is 4.74 Å². The average molecular weight is 338 g/mol. The number of hydrogen-bond acceptors (Lipinski definition) is 4. The van der Waals surface area contributed by atoms with Crippen LogP contribution in [0, 0.1) is 0 Å². The summed E-state index contributed by atoms with van der Waals surface area (Å²) in [4.78, 5) is 14.5. The molecule has 2 fully saturated rings. The number of amides is 1. The predicted octanol–water partition coefficient (Wildman–Crippen LogP) is 1.38. The zero-order valence-electron chi connectivity index (χ0n) is 13.2. The number of rotatable bonds is 5. The van der Waals surface area contributed by atoms with Crippen LogP contribution in [0.3, 0.4) is 0 Å². The monoisotopic (exact) mass is 338 g/mol. The van der Waals surface area contributed by atoms with E-state index in [0.717, 1.165) is 25.7 Å². The molecule has 0 bridgehead atoms. The number of ether oxygens (including phenoxy) is 1. The van der Waals surface area contributed by atoms with Crippen LogP contribution in [0.4, 0.5) is 0 Å². The molecule has 1 saturated carbocycles. The third-order valence-corrected chi connectivity index (χ3v) is 5.87. The Hall–Kier alpha value is -1.44. The molecule has 3 rings (SSSR count). The molecule has 23 heavy (non-hydrogen) atoms. The number of benzene rings is 1. The summed E-state index contributed by atoms with van der Waals surface area (Å²) in [5, 5.41) is 0. The number of likely N-dealkylation sites (tertiary alicyclic amines) is 1. The first-order valence-corrected chi connectivity index (χ1v) is 9.42. The van der Waals surface area contributed by atoms with Gasteiger partial charge < -0.3 is 9.64 Å². The fourth-order valence-electron chi connectivity index (χ4n) is 2.76. The van der Waals surface area contributed by atoms with E-state index >= 15 is 0 Å². The van der Waals surface area contributed by atoms with Gasteiger partial charge in [0.25, 0.3) is 5.91 Å². The second-order valence-corrected chi connectivity index (χ2v) is 7.86. The molecule has 6 nitrogen and oxygen atoms in total. The van der Waals surface area contributed by atoms with Crippen molar-refractivity contribution in [2.24, 2.45) is 0 Å². The quantitative estimate of drug-likeness (QED) is 0.880. The number of hydrogen-bond donors (Lipinski definition) is 1.